The summed E-state index contributed by atoms with van der Waals surface area (Å²) in [5.41, 5.74) is 0.616. The summed E-state index contributed by atoms with van der Waals surface area (Å²) in [5, 5.41) is 22.4. The van der Waals surface area contributed by atoms with Gasteiger partial charge in [0.15, 0.2) is 0 Å². The summed E-state index contributed by atoms with van der Waals surface area (Å²) in [5.74, 6) is 0. The average molecular weight is 450 g/mol. The van der Waals surface area contributed by atoms with Gasteiger partial charge in [0.25, 0.3) is 0 Å². The van der Waals surface area contributed by atoms with Crippen molar-refractivity contribution in [1.82, 2.24) is 5.32 Å². The largest absolute Gasteiger partial charge is 0.381 e. The van der Waals surface area contributed by atoms with Crippen LogP contribution in [-0.2, 0) is 18.9 Å². The molecule has 188 valence electrons. The summed E-state index contributed by atoms with van der Waals surface area (Å²) in [7, 11) is 0. The van der Waals surface area contributed by atoms with Crippen LogP contribution in [-0.4, -0.2) is 75.5 Å². The average Bonchev–Trinajstić information content (AvgIpc) is 2.63. The van der Waals surface area contributed by atoms with Crippen molar-refractivity contribution in [2.24, 2.45) is 10.8 Å². The van der Waals surface area contributed by atoms with E-state index in [4.69, 9.17) is 18.9 Å². The van der Waals surface area contributed by atoms with Crippen LogP contribution in [0.15, 0.2) is 0 Å². The molecule has 0 aliphatic heterocycles. The highest BCUT2D eigenvalue weighted by Crippen LogP contribution is 2.18. The molecule has 0 aliphatic carbocycles. The number of hydrogen-bond donors (Lipinski definition) is 3. The Morgan fingerprint density at radius 2 is 0.871 bits per heavy atom. The minimum absolute atomic E-state index is 0.133. The summed E-state index contributed by atoms with van der Waals surface area (Å²) < 4.78 is 22.1. The lowest BCUT2D eigenvalue weighted by molar-refractivity contribution is -0.0468. The summed E-state index contributed by atoms with van der Waals surface area (Å²) in [6.45, 7) is 17.7. The van der Waals surface area contributed by atoms with Gasteiger partial charge in [0.1, 0.15) is 12.5 Å². The highest BCUT2D eigenvalue weighted by molar-refractivity contribution is 4.61. The third-order valence-electron chi connectivity index (χ3n) is 4.58. The van der Waals surface area contributed by atoms with Crippen molar-refractivity contribution in [3.8, 4) is 0 Å². The van der Waals surface area contributed by atoms with E-state index in [1.54, 1.807) is 0 Å². The van der Waals surface area contributed by atoms with Gasteiger partial charge in [-0.3, -0.25) is 5.32 Å². The first kappa shape index (κ1) is 30.7. The molecule has 0 bridgehead atoms. The fourth-order valence-corrected chi connectivity index (χ4v) is 2.49. The van der Waals surface area contributed by atoms with E-state index in [9.17, 15) is 10.2 Å². The predicted octanol–water partition coefficient (Wildman–Crippen LogP) is 3.71. The van der Waals surface area contributed by atoms with Crippen LogP contribution in [0.1, 0.15) is 80.1 Å². The maximum atomic E-state index is 9.86. The normalized spacial score (nSPS) is 14.7. The van der Waals surface area contributed by atoms with Crippen LogP contribution in [0.4, 0.5) is 0 Å². The number of nitrogens with one attached hydrogen (secondary N) is 1. The van der Waals surface area contributed by atoms with E-state index in [1.807, 2.05) is 0 Å². The van der Waals surface area contributed by atoms with Crippen LogP contribution in [0.2, 0.25) is 0 Å². The molecule has 0 rings (SSSR count). The van der Waals surface area contributed by atoms with Gasteiger partial charge >= 0.3 is 0 Å². The van der Waals surface area contributed by atoms with Crippen molar-refractivity contribution >= 4 is 0 Å². The van der Waals surface area contributed by atoms with Crippen molar-refractivity contribution in [2.75, 3.05) is 52.9 Å². The monoisotopic (exact) mass is 449 g/mol. The molecule has 3 N–H and O–H groups in total. The number of aliphatic hydroxyl groups is 2. The molecule has 0 aromatic heterocycles. The molecule has 7 nitrogen and oxygen atoms in total. The minimum atomic E-state index is -0.919. The standard InChI is InChI=1S/C24H51NO6/c1-23(2,3)11-17-28-13-7-9-15-30-19-21(26)25-22(27)20-31-16-10-8-14-29-18-12-24(4,5)6/h21-22,25-27H,7-20H2,1-6H3. The van der Waals surface area contributed by atoms with Crippen LogP contribution in [0.3, 0.4) is 0 Å². The molecule has 31 heavy (non-hydrogen) atoms. The van der Waals surface area contributed by atoms with Gasteiger partial charge in [-0.15, -0.1) is 0 Å². The Morgan fingerprint density at radius 1 is 0.548 bits per heavy atom. The van der Waals surface area contributed by atoms with E-state index in [1.165, 1.54) is 0 Å². The number of rotatable bonds is 20. The minimum Gasteiger partial charge on any atom is -0.381 e. The highest BCUT2D eigenvalue weighted by Gasteiger charge is 2.11. The Morgan fingerprint density at radius 3 is 1.19 bits per heavy atom. The summed E-state index contributed by atoms with van der Waals surface area (Å²) in [4.78, 5) is 0. The van der Waals surface area contributed by atoms with Crippen LogP contribution >= 0.6 is 0 Å². The van der Waals surface area contributed by atoms with Crippen molar-refractivity contribution in [3.63, 3.8) is 0 Å². The molecule has 0 amide bonds. The third-order valence-corrected chi connectivity index (χ3v) is 4.58. The van der Waals surface area contributed by atoms with Crippen LogP contribution in [0.5, 0.6) is 0 Å². The van der Waals surface area contributed by atoms with Gasteiger partial charge in [0.2, 0.25) is 0 Å². The predicted molar refractivity (Wildman–Crippen MR) is 125 cm³/mol. The Labute approximate surface area is 191 Å². The molecular formula is C24H51NO6. The van der Waals surface area contributed by atoms with Gasteiger partial charge in [-0.2, -0.15) is 0 Å². The van der Waals surface area contributed by atoms with E-state index in [0.717, 1.165) is 65.0 Å². The number of unbranched alkanes of at least 4 members (excludes halogenated alkanes) is 2. The van der Waals surface area contributed by atoms with Gasteiger partial charge in [0, 0.05) is 39.6 Å². The van der Waals surface area contributed by atoms with Crippen LogP contribution in [0, 0.1) is 10.8 Å². The van der Waals surface area contributed by atoms with E-state index in [-0.39, 0.29) is 13.2 Å². The molecule has 2 atom stereocenters. The molecule has 7 heteroatoms. The van der Waals surface area contributed by atoms with E-state index < -0.39 is 12.5 Å². The molecule has 0 fully saturated rings. The van der Waals surface area contributed by atoms with Gasteiger partial charge < -0.3 is 29.2 Å². The van der Waals surface area contributed by atoms with Crippen molar-refractivity contribution < 1.29 is 29.2 Å². The molecule has 0 saturated heterocycles. The van der Waals surface area contributed by atoms with E-state index in [0.29, 0.717) is 24.0 Å². The first-order valence-corrected chi connectivity index (χ1v) is 11.9. The fraction of sp³-hybridized carbons (Fsp3) is 1.00. The lowest BCUT2D eigenvalue weighted by Crippen LogP contribution is -2.43. The molecule has 0 heterocycles. The second kappa shape index (κ2) is 18.2. The molecule has 0 aromatic rings. The van der Waals surface area contributed by atoms with Gasteiger partial charge in [-0.1, -0.05) is 41.5 Å². The van der Waals surface area contributed by atoms with Crippen LogP contribution < -0.4 is 5.32 Å². The number of aliphatic hydroxyl groups excluding tert-OH is 2. The zero-order valence-electron chi connectivity index (χ0n) is 21.1. The molecule has 2 unspecified atom stereocenters. The Balaban J connectivity index is 3.39. The lowest BCUT2D eigenvalue weighted by Gasteiger charge is -2.18. The number of ether oxygens (including phenoxy) is 4. The van der Waals surface area contributed by atoms with Crippen LogP contribution in [0.25, 0.3) is 0 Å². The Hall–Kier alpha value is -0.280. The SMILES string of the molecule is CC(C)(C)CCOCCCCOCC(O)NC(O)COCCCCOCCC(C)(C)C. The highest BCUT2D eigenvalue weighted by atomic mass is 16.5. The Bertz CT molecular complexity index is 359. The van der Waals surface area contributed by atoms with E-state index in [2.05, 4.69) is 46.9 Å². The second-order valence-electron chi connectivity index (χ2n) is 10.6. The molecule has 0 radical (unpaired) electrons. The van der Waals surface area contributed by atoms with E-state index >= 15 is 0 Å². The summed E-state index contributed by atoms with van der Waals surface area (Å²) in [6.07, 6.45) is 3.91. The van der Waals surface area contributed by atoms with Crippen molar-refractivity contribution in [1.29, 1.82) is 0 Å². The van der Waals surface area contributed by atoms with Crippen molar-refractivity contribution in [3.05, 3.63) is 0 Å². The maximum absolute atomic E-state index is 9.86. The van der Waals surface area contributed by atoms with Gasteiger partial charge in [-0.25, -0.2) is 0 Å². The molecule has 0 aromatic carbocycles. The maximum Gasteiger partial charge on any atom is 0.130 e. The van der Waals surface area contributed by atoms with Gasteiger partial charge in [0.05, 0.1) is 13.2 Å². The molecule has 0 saturated carbocycles. The molecular weight excluding hydrogens is 398 g/mol. The number of hydrogen-bond acceptors (Lipinski definition) is 7. The first-order valence-electron chi connectivity index (χ1n) is 11.9. The summed E-state index contributed by atoms with van der Waals surface area (Å²) >= 11 is 0. The second-order valence-corrected chi connectivity index (χ2v) is 10.6. The smallest absolute Gasteiger partial charge is 0.130 e. The molecule has 0 aliphatic rings. The molecule has 0 spiro atoms. The fourth-order valence-electron chi connectivity index (χ4n) is 2.49. The zero-order chi connectivity index (χ0) is 23.6. The quantitative estimate of drug-likeness (QED) is 0.193. The first-order chi connectivity index (χ1) is 14.5. The lowest BCUT2D eigenvalue weighted by atomic mass is 9.93. The van der Waals surface area contributed by atoms with Gasteiger partial charge in [-0.05, 0) is 49.4 Å². The topological polar surface area (TPSA) is 89.4 Å². The summed E-state index contributed by atoms with van der Waals surface area (Å²) in [6, 6.07) is 0. The Kier molecular flexibility index (Phi) is 18.0. The van der Waals surface area contributed by atoms with Crippen molar-refractivity contribution in [2.45, 2.75) is 92.5 Å². The third kappa shape index (κ3) is 25.9. The zero-order valence-corrected chi connectivity index (χ0v) is 21.1.